The Morgan fingerprint density at radius 3 is 2.71 bits per heavy atom. The third-order valence-corrected chi connectivity index (χ3v) is 5.08. The van der Waals surface area contributed by atoms with Gasteiger partial charge in [0.15, 0.2) is 0 Å². The van der Waals surface area contributed by atoms with Crippen molar-refractivity contribution >= 4 is 21.8 Å². The summed E-state index contributed by atoms with van der Waals surface area (Å²) in [5, 5.41) is 3.15. The molecule has 0 spiro atoms. The molecule has 0 saturated heterocycles. The molecule has 1 aliphatic rings. The van der Waals surface area contributed by atoms with Gasteiger partial charge in [0.05, 0.1) is 0 Å². The Morgan fingerprint density at radius 1 is 1.41 bits per heavy atom. The smallest absolute Gasteiger partial charge is 0.223 e. The molecule has 0 aromatic carbocycles. The van der Waals surface area contributed by atoms with E-state index in [1.807, 2.05) is 0 Å². The molecule has 0 aromatic rings. The van der Waals surface area contributed by atoms with Crippen LogP contribution in [0.15, 0.2) is 0 Å². The minimum Gasteiger partial charge on any atom is -0.356 e. The summed E-state index contributed by atoms with van der Waals surface area (Å²) < 4.78 is 0. The van der Waals surface area contributed by atoms with E-state index >= 15 is 0 Å². The molecule has 1 N–H and O–H groups in total. The molecule has 3 atom stereocenters. The van der Waals surface area contributed by atoms with Crippen LogP contribution in [-0.2, 0) is 4.79 Å². The van der Waals surface area contributed by atoms with Gasteiger partial charge in [0, 0.05) is 17.3 Å². The topological polar surface area (TPSA) is 29.1 Å². The quantitative estimate of drug-likeness (QED) is 0.711. The summed E-state index contributed by atoms with van der Waals surface area (Å²) in [4.78, 5) is 12.6. The maximum Gasteiger partial charge on any atom is 0.223 e. The number of carbonyl (C=O) groups is 1. The van der Waals surface area contributed by atoms with E-state index in [9.17, 15) is 4.79 Å². The van der Waals surface area contributed by atoms with E-state index in [0.717, 1.165) is 25.8 Å². The summed E-state index contributed by atoms with van der Waals surface area (Å²) >= 11 is 3.70. The molecule has 0 bridgehead atoms. The van der Waals surface area contributed by atoms with Crippen LogP contribution in [0.1, 0.15) is 58.8 Å². The highest BCUT2D eigenvalue weighted by molar-refractivity contribution is 9.09. The number of carbonyl (C=O) groups excluding carboxylic acids is 1. The van der Waals surface area contributed by atoms with E-state index in [4.69, 9.17) is 0 Å². The average molecular weight is 304 g/mol. The average Bonchev–Trinajstić information content (AvgIpc) is 2.73. The van der Waals surface area contributed by atoms with Crippen molar-refractivity contribution in [3.05, 3.63) is 0 Å². The Morgan fingerprint density at radius 2 is 2.18 bits per heavy atom. The van der Waals surface area contributed by atoms with Crippen LogP contribution in [0, 0.1) is 11.8 Å². The standard InChI is InChI=1S/C14H26BrNO/c1-3-5-7-11(4-2)14(17)16-10-12-8-6-9-13(12)15/h11-13H,3-10H2,1-2H3,(H,16,17). The fraction of sp³-hybridized carbons (Fsp3) is 0.929. The lowest BCUT2D eigenvalue weighted by molar-refractivity contribution is -0.125. The second-order valence-corrected chi connectivity index (χ2v) is 6.38. The maximum absolute atomic E-state index is 12.0. The molecule has 0 radical (unpaired) electrons. The van der Waals surface area contributed by atoms with Gasteiger partial charge in [0.2, 0.25) is 5.91 Å². The largest absolute Gasteiger partial charge is 0.356 e. The van der Waals surface area contributed by atoms with Gasteiger partial charge in [-0.1, -0.05) is 49.0 Å². The maximum atomic E-state index is 12.0. The Balaban J connectivity index is 2.26. The Labute approximate surface area is 114 Å². The van der Waals surface area contributed by atoms with E-state index in [0.29, 0.717) is 10.7 Å². The van der Waals surface area contributed by atoms with E-state index in [-0.39, 0.29) is 11.8 Å². The van der Waals surface area contributed by atoms with E-state index < -0.39 is 0 Å². The van der Waals surface area contributed by atoms with Crippen LogP contribution in [0.3, 0.4) is 0 Å². The minimum atomic E-state index is 0.227. The molecule has 0 aliphatic heterocycles. The van der Waals surface area contributed by atoms with Crippen molar-refractivity contribution in [3.63, 3.8) is 0 Å². The number of hydrogen-bond acceptors (Lipinski definition) is 1. The van der Waals surface area contributed by atoms with Crippen LogP contribution in [0.4, 0.5) is 0 Å². The number of nitrogens with one attached hydrogen (secondary N) is 1. The summed E-state index contributed by atoms with van der Waals surface area (Å²) in [5.41, 5.74) is 0. The van der Waals surface area contributed by atoms with Gasteiger partial charge < -0.3 is 5.32 Å². The zero-order valence-electron chi connectivity index (χ0n) is 11.2. The Kier molecular flexibility index (Phi) is 7.17. The highest BCUT2D eigenvalue weighted by atomic mass is 79.9. The lowest BCUT2D eigenvalue weighted by Gasteiger charge is -2.18. The van der Waals surface area contributed by atoms with Crippen molar-refractivity contribution in [2.45, 2.75) is 63.6 Å². The number of unbranched alkanes of at least 4 members (excludes halogenated alkanes) is 1. The molecule has 1 aliphatic carbocycles. The number of halogens is 1. The zero-order chi connectivity index (χ0) is 12.7. The number of hydrogen-bond donors (Lipinski definition) is 1. The number of alkyl halides is 1. The third-order valence-electron chi connectivity index (χ3n) is 3.87. The van der Waals surface area contributed by atoms with Gasteiger partial charge in [-0.15, -0.1) is 0 Å². The van der Waals surface area contributed by atoms with Crippen LogP contribution in [0.2, 0.25) is 0 Å². The normalized spacial score (nSPS) is 25.8. The molecule has 0 aromatic heterocycles. The second kappa shape index (κ2) is 8.12. The van der Waals surface area contributed by atoms with Crippen molar-refractivity contribution in [2.24, 2.45) is 11.8 Å². The lowest BCUT2D eigenvalue weighted by Crippen LogP contribution is -2.35. The number of rotatable bonds is 7. The molecular formula is C14H26BrNO. The third kappa shape index (κ3) is 4.99. The molecule has 0 heterocycles. The number of amides is 1. The van der Waals surface area contributed by atoms with Gasteiger partial charge in [0.1, 0.15) is 0 Å². The van der Waals surface area contributed by atoms with Gasteiger partial charge in [-0.05, 0) is 31.6 Å². The summed E-state index contributed by atoms with van der Waals surface area (Å²) in [6.45, 7) is 5.15. The fourth-order valence-electron chi connectivity index (χ4n) is 2.57. The van der Waals surface area contributed by atoms with Crippen molar-refractivity contribution in [3.8, 4) is 0 Å². The molecule has 1 amide bonds. The van der Waals surface area contributed by atoms with Crippen molar-refractivity contribution in [1.29, 1.82) is 0 Å². The SMILES string of the molecule is CCCCC(CC)C(=O)NCC1CCCC1Br. The first-order valence-corrected chi connectivity index (χ1v) is 8.02. The van der Waals surface area contributed by atoms with Crippen LogP contribution < -0.4 is 5.32 Å². The van der Waals surface area contributed by atoms with Crippen LogP contribution in [-0.4, -0.2) is 17.3 Å². The monoisotopic (exact) mass is 303 g/mol. The van der Waals surface area contributed by atoms with Gasteiger partial charge in [-0.25, -0.2) is 0 Å². The molecule has 17 heavy (non-hydrogen) atoms. The molecule has 3 unspecified atom stereocenters. The van der Waals surface area contributed by atoms with Gasteiger partial charge in [0.25, 0.3) is 0 Å². The van der Waals surface area contributed by atoms with Gasteiger partial charge in [-0.2, -0.15) is 0 Å². The summed E-state index contributed by atoms with van der Waals surface area (Å²) in [5.74, 6) is 1.14. The minimum absolute atomic E-state index is 0.227. The van der Waals surface area contributed by atoms with E-state index in [1.165, 1.54) is 25.7 Å². The van der Waals surface area contributed by atoms with E-state index in [1.54, 1.807) is 0 Å². The molecular weight excluding hydrogens is 278 g/mol. The molecule has 1 fully saturated rings. The van der Waals surface area contributed by atoms with Crippen LogP contribution in [0.5, 0.6) is 0 Å². The summed E-state index contributed by atoms with van der Waals surface area (Å²) in [6, 6.07) is 0. The summed E-state index contributed by atoms with van der Waals surface area (Å²) in [7, 11) is 0. The lowest BCUT2D eigenvalue weighted by atomic mass is 9.98. The molecule has 2 nitrogen and oxygen atoms in total. The Hall–Kier alpha value is -0.0500. The highest BCUT2D eigenvalue weighted by Crippen LogP contribution is 2.30. The molecule has 100 valence electrons. The zero-order valence-corrected chi connectivity index (χ0v) is 12.8. The first-order chi connectivity index (χ1) is 8.19. The second-order valence-electron chi connectivity index (χ2n) is 5.20. The van der Waals surface area contributed by atoms with Crippen molar-refractivity contribution in [1.82, 2.24) is 5.32 Å². The van der Waals surface area contributed by atoms with E-state index in [2.05, 4.69) is 35.1 Å². The fourth-order valence-corrected chi connectivity index (χ4v) is 3.34. The van der Waals surface area contributed by atoms with Crippen LogP contribution in [0.25, 0.3) is 0 Å². The first-order valence-electron chi connectivity index (χ1n) is 7.10. The Bertz CT molecular complexity index is 232. The van der Waals surface area contributed by atoms with Crippen LogP contribution >= 0.6 is 15.9 Å². The van der Waals surface area contributed by atoms with Gasteiger partial charge in [-0.3, -0.25) is 4.79 Å². The highest BCUT2D eigenvalue weighted by Gasteiger charge is 2.26. The predicted octanol–water partition coefficient (Wildman–Crippen LogP) is 3.88. The molecule has 3 heteroatoms. The molecule has 1 saturated carbocycles. The first kappa shape index (κ1) is 15.0. The van der Waals surface area contributed by atoms with Gasteiger partial charge >= 0.3 is 0 Å². The van der Waals surface area contributed by atoms with Crippen molar-refractivity contribution < 1.29 is 4.79 Å². The predicted molar refractivity (Wildman–Crippen MR) is 76.4 cm³/mol. The summed E-state index contributed by atoms with van der Waals surface area (Å²) in [6.07, 6.45) is 8.15. The molecule has 1 rings (SSSR count). The van der Waals surface area contributed by atoms with Crippen molar-refractivity contribution in [2.75, 3.05) is 6.54 Å².